The smallest absolute Gasteiger partial charge is 0.310 e. The molecular weight excluding hydrogens is 431 g/mol. The number of carbonyl (C=O) groups is 1. The van der Waals surface area contributed by atoms with Gasteiger partial charge in [-0.2, -0.15) is 0 Å². The van der Waals surface area contributed by atoms with E-state index in [0.717, 1.165) is 10.0 Å². The van der Waals surface area contributed by atoms with Crippen LogP contribution in [0.4, 0.5) is 4.39 Å². The highest BCUT2D eigenvalue weighted by Gasteiger charge is 2.10. The number of benzene rings is 2. The monoisotopic (exact) mass is 444 g/mol. The van der Waals surface area contributed by atoms with Gasteiger partial charge in [-0.05, 0) is 42.8 Å². The summed E-state index contributed by atoms with van der Waals surface area (Å²) in [5.74, 6) is 0.111. The van der Waals surface area contributed by atoms with Gasteiger partial charge in [-0.15, -0.1) is 0 Å². The van der Waals surface area contributed by atoms with E-state index in [-0.39, 0.29) is 6.42 Å². The zero-order valence-corrected chi connectivity index (χ0v) is 15.6. The molecule has 0 aromatic heterocycles. The topological polar surface area (TPSA) is 35.5 Å². The highest BCUT2D eigenvalue weighted by atomic mass is 79.9. The molecule has 0 saturated carbocycles. The fourth-order valence-corrected chi connectivity index (χ4v) is 2.89. The van der Waals surface area contributed by atoms with Crippen LogP contribution in [-0.2, 0) is 21.3 Å². The SMILES string of the molecule is CCOC(=O)Cc1cc(F)cc(Oc2ccc(Br)cc2CBr)c1. The van der Waals surface area contributed by atoms with Gasteiger partial charge in [-0.1, -0.05) is 31.9 Å². The van der Waals surface area contributed by atoms with Gasteiger partial charge in [0.05, 0.1) is 13.0 Å². The molecule has 0 unspecified atom stereocenters. The van der Waals surface area contributed by atoms with Crippen molar-refractivity contribution in [1.82, 2.24) is 0 Å². The molecule has 0 radical (unpaired) electrons. The molecule has 0 bridgehead atoms. The molecule has 0 heterocycles. The molecule has 2 rings (SSSR count). The van der Waals surface area contributed by atoms with Crippen LogP contribution in [0.1, 0.15) is 18.1 Å². The third-order valence-corrected chi connectivity index (χ3v) is 4.08. The highest BCUT2D eigenvalue weighted by Crippen LogP contribution is 2.30. The Kier molecular flexibility index (Phi) is 6.59. The lowest BCUT2D eigenvalue weighted by atomic mass is 10.1. The largest absolute Gasteiger partial charge is 0.466 e. The maximum absolute atomic E-state index is 13.8. The fourth-order valence-electron chi connectivity index (χ4n) is 2.04. The minimum atomic E-state index is -0.459. The highest BCUT2D eigenvalue weighted by molar-refractivity contribution is 9.10. The summed E-state index contributed by atoms with van der Waals surface area (Å²) in [5.41, 5.74) is 1.44. The van der Waals surface area contributed by atoms with Crippen molar-refractivity contribution in [2.75, 3.05) is 6.61 Å². The molecule has 122 valence electrons. The third kappa shape index (κ3) is 5.32. The van der Waals surface area contributed by atoms with Gasteiger partial charge in [-0.3, -0.25) is 4.79 Å². The predicted octanol–water partition coefficient (Wildman–Crippen LogP) is 5.38. The molecular formula is C17H15Br2FO3. The van der Waals surface area contributed by atoms with Crippen molar-refractivity contribution in [3.05, 3.63) is 57.8 Å². The van der Waals surface area contributed by atoms with E-state index in [4.69, 9.17) is 9.47 Å². The van der Waals surface area contributed by atoms with Crippen LogP contribution >= 0.6 is 31.9 Å². The van der Waals surface area contributed by atoms with Crippen LogP contribution in [-0.4, -0.2) is 12.6 Å². The number of hydrogen-bond acceptors (Lipinski definition) is 3. The Morgan fingerprint density at radius 2 is 2.00 bits per heavy atom. The van der Waals surface area contributed by atoms with Crippen LogP contribution in [0.15, 0.2) is 40.9 Å². The molecule has 3 nitrogen and oxygen atoms in total. The van der Waals surface area contributed by atoms with Gasteiger partial charge in [0.25, 0.3) is 0 Å². The molecule has 0 N–H and O–H groups in total. The Morgan fingerprint density at radius 3 is 2.70 bits per heavy atom. The summed E-state index contributed by atoms with van der Waals surface area (Å²) >= 11 is 6.80. The van der Waals surface area contributed by atoms with Gasteiger partial charge in [0, 0.05) is 21.4 Å². The molecule has 0 amide bonds. The number of alkyl halides is 1. The molecule has 23 heavy (non-hydrogen) atoms. The Morgan fingerprint density at radius 1 is 1.22 bits per heavy atom. The van der Waals surface area contributed by atoms with E-state index >= 15 is 0 Å². The van der Waals surface area contributed by atoms with Crippen molar-refractivity contribution in [3.8, 4) is 11.5 Å². The van der Waals surface area contributed by atoms with Gasteiger partial charge in [0.15, 0.2) is 0 Å². The van der Waals surface area contributed by atoms with E-state index in [2.05, 4.69) is 31.9 Å². The van der Waals surface area contributed by atoms with Crippen molar-refractivity contribution >= 4 is 37.8 Å². The van der Waals surface area contributed by atoms with E-state index in [1.165, 1.54) is 12.1 Å². The Hall–Kier alpha value is -1.40. The lowest BCUT2D eigenvalue weighted by Crippen LogP contribution is -2.07. The first-order valence-electron chi connectivity index (χ1n) is 6.99. The second-order valence-corrected chi connectivity index (χ2v) is 6.24. The number of ether oxygens (including phenoxy) is 2. The summed E-state index contributed by atoms with van der Waals surface area (Å²) in [7, 11) is 0. The number of hydrogen-bond donors (Lipinski definition) is 0. The third-order valence-electron chi connectivity index (χ3n) is 2.98. The minimum Gasteiger partial charge on any atom is -0.466 e. The van der Waals surface area contributed by atoms with Gasteiger partial charge in [0.2, 0.25) is 0 Å². The normalized spacial score (nSPS) is 10.4. The second kappa shape index (κ2) is 8.45. The standard InChI is InChI=1S/C17H15Br2FO3/c1-2-22-17(21)7-11-5-14(20)9-15(6-11)23-16-4-3-13(19)8-12(16)10-18/h3-6,8-9H,2,7,10H2,1H3. The Bertz CT molecular complexity index is 704. The van der Waals surface area contributed by atoms with Crippen LogP contribution in [0.25, 0.3) is 0 Å². The molecule has 0 spiro atoms. The molecule has 0 fully saturated rings. The van der Waals surface area contributed by atoms with E-state index < -0.39 is 11.8 Å². The van der Waals surface area contributed by atoms with Gasteiger partial charge < -0.3 is 9.47 Å². The molecule has 0 aliphatic carbocycles. The molecule has 0 aliphatic heterocycles. The van der Waals surface area contributed by atoms with Crippen LogP contribution in [0.2, 0.25) is 0 Å². The Labute approximate surface area is 151 Å². The van der Waals surface area contributed by atoms with Crippen molar-refractivity contribution in [1.29, 1.82) is 0 Å². The minimum absolute atomic E-state index is 0.00754. The summed E-state index contributed by atoms with van der Waals surface area (Å²) in [6.45, 7) is 2.03. The van der Waals surface area contributed by atoms with Gasteiger partial charge in [-0.25, -0.2) is 4.39 Å². The number of rotatable bonds is 6. The maximum atomic E-state index is 13.8. The summed E-state index contributed by atoms with van der Waals surface area (Å²) < 4.78 is 25.4. The molecule has 0 saturated heterocycles. The summed E-state index contributed by atoms with van der Waals surface area (Å²) in [5, 5.41) is 0.604. The molecule has 6 heteroatoms. The van der Waals surface area contributed by atoms with Gasteiger partial charge >= 0.3 is 5.97 Å². The first kappa shape index (κ1) is 17.9. The van der Waals surface area contributed by atoms with Crippen molar-refractivity contribution < 1.29 is 18.7 Å². The molecule has 2 aromatic carbocycles. The molecule has 0 atom stereocenters. The lowest BCUT2D eigenvalue weighted by Gasteiger charge is -2.11. The average molecular weight is 446 g/mol. The fraction of sp³-hybridized carbons (Fsp3) is 0.235. The quantitative estimate of drug-likeness (QED) is 0.442. The maximum Gasteiger partial charge on any atom is 0.310 e. The van der Waals surface area contributed by atoms with Crippen LogP contribution < -0.4 is 4.74 Å². The lowest BCUT2D eigenvalue weighted by molar-refractivity contribution is -0.142. The first-order chi connectivity index (χ1) is 11.0. The van der Waals surface area contributed by atoms with E-state index in [1.807, 2.05) is 12.1 Å². The molecule has 2 aromatic rings. The van der Waals surface area contributed by atoms with Crippen LogP contribution in [0.5, 0.6) is 11.5 Å². The Balaban J connectivity index is 2.23. The number of esters is 1. The average Bonchev–Trinajstić information content (AvgIpc) is 2.48. The zero-order valence-electron chi connectivity index (χ0n) is 12.4. The van der Waals surface area contributed by atoms with E-state index in [0.29, 0.717) is 29.0 Å². The zero-order chi connectivity index (χ0) is 16.8. The van der Waals surface area contributed by atoms with Gasteiger partial charge in [0.1, 0.15) is 17.3 Å². The second-order valence-electron chi connectivity index (χ2n) is 4.76. The van der Waals surface area contributed by atoms with Crippen LogP contribution in [0.3, 0.4) is 0 Å². The number of carbonyl (C=O) groups excluding carboxylic acids is 1. The van der Waals surface area contributed by atoms with Crippen molar-refractivity contribution in [2.24, 2.45) is 0 Å². The summed E-state index contributed by atoms with van der Waals surface area (Å²) in [4.78, 5) is 11.5. The number of halogens is 3. The first-order valence-corrected chi connectivity index (χ1v) is 8.90. The predicted molar refractivity (Wildman–Crippen MR) is 93.6 cm³/mol. The van der Waals surface area contributed by atoms with E-state index in [1.54, 1.807) is 19.1 Å². The summed E-state index contributed by atoms with van der Waals surface area (Å²) in [6, 6.07) is 9.80. The summed E-state index contributed by atoms with van der Waals surface area (Å²) in [6.07, 6.45) is 0.00754. The van der Waals surface area contributed by atoms with Crippen molar-refractivity contribution in [3.63, 3.8) is 0 Å². The van der Waals surface area contributed by atoms with E-state index in [9.17, 15) is 9.18 Å². The van der Waals surface area contributed by atoms with Crippen molar-refractivity contribution in [2.45, 2.75) is 18.7 Å². The molecule has 0 aliphatic rings. The van der Waals surface area contributed by atoms with Crippen LogP contribution in [0, 0.1) is 5.82 Å².